The van der Waals surface area contributed by atoms with Crippen molar-refractivity contribution in [1.82, 2.24) is 30.0 Å². The molecule has 9 nitrogen and oxygen atoms in total. The van der Waals surface area contributed by atoms with Crippen LogP contribution in [-0.4, -0.2) is 69.2 Å². The van der Waals surface area contributed by atoms with Crippen LogP contribution in [0.4, 0.5) is 11.5 Å². The van der Waals surface area contributed by atoms with Gasteiger partial charge in [0.2, 0.25) is 0 Å². The molecule has 9 heteroatoms. The Morgan fingerprint density at radius 2 is 1.93 bits per heavy atom. The van der Waals surface area contributed by atoms with Crippen LogP contribution in [0.2, 0.25) is 0 Å². The molecule has 0 atom stereocenters. The molecule has 1 aliphatic heterocycles. The molecule has 3 N–H and O–H groups in total. The zero-order valence-electron chi connectivity index (χ0n) is 16.6. The van der Waals surface area contributed by atoms with Gasteiger partial charge in [-0.05, 0) is 31.3 Å². The Labute approximate surface area is 173 Å². The summed E-state index contributed by atoms with van der Waals surface area (Å²) in [6.07, 6.45) is 1.75. The Kier molecular flexibility index (Phi) is 4.64. The highest BCUT2D eigenvalue weighted by atomic mass is 16.1. The van der Waals surface area contributed by atoms with Gasteiger partial charge in [0, 0.05) is 32.2 Å². The molecule has 1 aromatic carbocycles. The number of para-hydroxylation sites is 2. The van der Waals surface area contributed by atoms with Gasteiger partial charge in [0.05, 0.1) is 22.9 Å². The standard InChI is InChI=1S/C21H22N8O/c1-28-8-10-29(11-9-28)14-6-7-17(22-13-14)21(30)25-19-12-18(26-27-19)20-23-15-4-2-3-5-16(15)24-20/h2-7,12-13H,8-11H2,1H3,(H,23,24)(H2,25,26,27,30). The van der Waals surface area contributed by atoms with E-state index >= 15 is 0 Å². The number of benzene rings is 1. The van der Waals surface area contributed by atoms with Gasteiger partial charge in [0.15, 0.2) is 11.6 Å². The van der Waals surface area contributed by atoms with Crippen molar-refractivity contribution in [3.63, 3.8) is 0 Å². The first-order valence-corrected chi connectivity index (χ1v) is 9.87. The van der Waals surface area contributed by atoms with Crippen molar-refractivity contribution < 1.29 is 4.79 Å². The second-order valence-corrected chi connectivity index (χ2v) is 7.42. The summed E-state index contributed by atoms with van der Waals surface area (Å²) in [4.78, 5) is 29.2. The molecular weight excluding hydrogens is 380 g/mol. The fourth-order valence-electron chi connectivity index (χ4n) is 3.54. The minimum absolute atomic E-state index is 0.303. The van der Waals surface area contributed by atoms with Gasteiger partial charge in [-0.2, -0.15) is 5.10 Å². The maximum atomic E-state index is 12.6. The van der Waals surface area contributed by atoms with Crippen molar-refractivity contribution in [1.29, 1.82) is 0 Å². The molecule has 30 heavy (non-hydrogen) atoms. The highest BCUT2D eigenvalue weighted by Gasteiger charge is 2.16. The largest absolute Gasteiger partial charge is 0.368 e. The molecule has 5 rings (SSSR count). The van der Waals surface area contributed by atoms with Crippen LogP contribution >= 0.6 is 0 Å². The summed E-state index contributed by atoms with van der Waals surface area (Å²) in [5.74, 6) is 0.779. The van der Waals surface area contributed by atoms with E-state index in [9.17, 15) is 4.79 Å². The Balaban J connectivity index is 1.26. The smallest absolute Gasteiger partial charge is 0.275 e. The number of nitrogens with zero attached hydrogens (tertiary/aromatic N) is 5. The molecule has 0 radical (unpaired) electrons. The molecule has 0 aliphatic carbocycles. The summed E-state index contributed by atoms with van der Waals surface area (Å²) >= 11 is 0. The predicted octanol–water partition coefficient (Wildman–Crippen LogP) is 2.35. The Hall–Kier alpha value is -3.72. The van der Waals surface area contributed by atoms with E-state index < -0.39 is 0 Å². The van der Waals surface area contributed by atoms with E-state index in [4.69, 9.17) is 0 Å². The van der Waals surface area contributed by atoms with E-state index in [0.717, 1.165) is 42.9 Å². The van der Waals surface area contributed by atoms with Gasteiger partial charge in [-0.25, -0.2) is 9.97 Å². The fourth-order valence-corrected chi connectivity index (χ4v) is 3.54. The average Bonchev–Trinajstić information content (AvgIpc) is 3.41. The predicted molar refractivity (Wildman–Crippen MR) is 116 cm³/mol. The van der Waals surface area contributed by atoms with Crippen molar-refractivity contribution >= 4 is 28.4 Å². The third-order valence-electron chi connectivity index (χ3n) is 5.31. The van der Waals surface area contributed by atoms with Crippen molar-refractivity contribution in [2.24, 2.45) is 0 Å². The lowest BCUT2D eigenvalue weighted by Gasteiger charge is -2.33. The Bertz CT molecular complexity index is 1140. The molecular formula is C21H22N8O. The molecule has 0 spiro atoms. The zero-order chi connectivity index (χ0) is 20.5. The number of H-pyrrole nitrogens is 2. The number of hydrogen-bond donors (Lipinski definition) is 3. The number of piperazine rings is 1. The number of anilines is 2. The maximum Gasteiger partial charge on any atom is 0.275 e. The van der Waals surface area contributed by atoms with Gasteiger partial charge < -0.3 is 20.1 Å². The van der Waals surface area contributed by atoms with Crippen molar-refractivity contribution in [2.75, 3.05) is 43.4 Å². The highest BCUT2D eigenvalue weighted by molar-refractivity contribution is 6.02. The quantitative estimate of drug-likeness (QED) is 0.484. The van der Waals surface area contributed by atoms with Crippen molar-refractivity contribution in [3.8, 4) is 11.5 Å². The SMILES string of the molecule is CN1CCN(c2ccc(C(=O)Nc3cc(-c4nc5ccccc5[nH]4)[nH]n3)nc2)CC1. The molecule has 1 saturated heterocycles. The van der Waals surface area contributed by atoms with Gasteiger partial charge in [-0.1, -0.05) is 12.1 Å². The zero-order valence-corrected chi connectivity index (χ0v) is 16.6. The van der Waals surface area contributed by atoms with Gasteiger partial charge >= 0.3 is 0 Å². The first-order valence-electron chi connectivity index (χ1n) is 9.87. The number of rotatable bonds is 4. The summed E-state index contributed by atoms with van der Waals surface area (Å²) in [5.41, 5.74) is 3.89. The second-order valence-electron chi connectivity index (χ2n) is 7.42. The lowest BCUT2D eigenvalue weighted by atomic mass is 10.2. The van der Waals surface area contributed by atoms with E-state index in [1.54, 1.807) is 18.3 Å². The molecule has 1 aliphatic rings. The number of pyridine rings is 1. The number of carbonyl (C=O) groups is 1. The first kappa shape index (κ1) is 18.3. The van der Waals surface area contributed by atoms with Gasteiger partial charge in [-0.15, -0.1) is 0 Å². The van der Waals surface area contributed by atoms with Crippen LogP contribution in [-0.2, 0) is 0 Å². The van der Waals surface area contributed by atoms with Crippen LogP contribution in [0.25, 0.3) is 22.6 Å². The molecule has 0 unspecified atom stereocenters. The molecule has 0 bridgehead atoms. The first-order chi connectivity index (χ1) is 14.7. The third-order valence-corrected chi connectivity index (χ3v) is 5.31. The third kappa shape index (κ3) is 3.62. The van der Waals surface area contributed by atoms with Crippen LogP contribution in [0.3, 0.4) is 0 Å². The molecule has 4 heterocycles. The van der Waals surface area contributed by atoms with Crippen LogP contribution in [0.15, 0.2) is 48.7 Å². The number of aromatic amines is 2. The molecule has 4 aromatic rings. The minimum Gasteiger partial charge on any atom is -0.368 e. The molecule has 3 aromatic heterocycles. The van der Waals surface area contributed by atoms with E-state index in [2.05, 4.69) is 47.3 Å². The summed E-state index contributed by atoms with van der Waals surface area (Å²) in [7, 11) is 2.12. The fraction of sp³-hybridized carbons (Fsp3) is 0.238. The van der Waals surface area contributed by atoms with Crippen molar-refractivity contribution in [2.45, 2.75) is 0 Å². The Morgan fingerprint density at radius 1 is 1.10 bits per heavy atom. The van der Waals surface area contributed by atoms with E-state index in [1.165, 1.54) is 0 Å². The minimum atomic E-state index is -0.303. The number of imidazole rings is 1. The molecule has 0 saturated carbocycles. The molecule has 1 amide bonds. The maximum absolute atomic E-state index is 12.6. The van der Waals surface area contributed by atoms with Crippen LogP contribution in [0.5, 0.6) is 0 Å². The van der Waals surface area contributed by atoms with Gasteiger partial charge in [-0.3, -0.25) is 9.89 Å². The number of aromatic nitrogens is 5. The second kappa shape index (κ2) is 7.60. The summed E-state index contributed by atoms with van der Waals surface area (Å²) < 4.78 is 0. The van der Waals surface area contributed by atoms with Gasteiger partial charge in [0.1, 0.15) is 11.4 Å². The Morgan fingerprint density at radius 3 is 2.70 bits per heavy atom. The van der Waals surface area contributed by atoms with E-state index in [1.807, 2.05) is 30.3 Å². The summed E-state index contributed by atoms with van der Waals surface area (Å²) in [5, 5.41) is 9.86. The summed E-state index contributed by atoms with van der Waals surface area (Å²) in [6, 6.07) is 13.2. The lowest BCUT2D eigenvalue weighted by molar-refractivity contribution is 0.102. The number of likely N-dealkylation sites (N-methyl/N-ethyl adjacent to an activating group) is 1. The average molecular weight is 402 g/mol. The number of hydrogen-bond acceptors (Lipinski definition) is 6. The van der Waals surface area contributed by atoms with Crippen molar-refractivity contribution in [3.05, 3.63) is 54.4 Å². The van der Waals surface area contributed by atoms with E-state index in [0.29, 0.717) is 23.0 Å². The van der Waals surface area contributed by atoms with Crippen LogP contribution < -0.4 is 10.2 Å². The van der Waals surface area contributed by atoms with Gasteiger partial charge in [0.25, 0.3) is 5.91 Å². The molecule has 1 fully saturated rings. The normalized spacial score (nSPS) is 14.9. The van der Waals surface area contributed by atoms with Crippen LogP contribution in [0, 0.1) is 0 Å². The topological polar surface area (TPSA) is 106 Å². The monoisotopic (exact) mass is 402 g/mol. The van der Waals surface area contributed by atoms with E-state index in [-0.39, 0.29) is 5.91 Å². The number of nitrogens with one attached hydrogen (secondary N) is 3. The lowest BCUT2D eigenvalue weighted by Crippen LogP contribution is -2.44. The number of amides is 1. The highest BCUT2D eigenvalue weighted by Crippen LogP contribution is 2.21. The number of carbonyl (C=O) groups excluding carboxylic acids is 1. The molecule has 152 valence electrons. The summed E-state index contributed by atoms with van der Waals surface area (Å²) in [6.45, 7) is 3.97. The van der Waals surface area contributed by atoms with Crippen LogP contribution in [0.1, 0.15) is 10.5 Å². The number of fused-ring (bicyclic) bond motifs is 1.